The molecule has 2 heterocycles. The van der Waals surface area contributed by atoms with Crippen LogP contribution in [0.3, 0.4) is 0 Å². The minimum Gasteiger partial charge on any atom is -0.382 e. The molecule has 0 saturated heterocycles. The number of nitrogen functional groups attached to an aromatic ring is 1. The van der Waals surface area contributed by atoms with E-state index in [1.54, 1.807) is 6.92 Å². The maximum absolute atomic E-state index is 10.7. The molecule has 0 fully saturated rings. The van der Waals surface area contributed by atoms with E-state index >= 15 is 0 Å². The number of anilines is 1. The molecule has 2 atom stereocenters. The molecule has 22 heavy (non-hydrogen) atoms. The summed E-state index contributed by atoms with van der Waals surface area (Å²) >= 11 is 0. The van der Waals surface area contributed by atoms with Gasteiger partial charge in [-0.2, -0.15) is 4.89 Å². The van der Waals surface area contributed by atoms with E-state index in [9.17, 15) is 4.57 Å². The number of nitrogens with one attached hydrogen (secondary N) is 1. The fourth-order valence-electron chi connectivity index (χ4n) is 1.53. The second-order valence-electron chi connectivity index (χ2n) is 4.19. The minimum absolute atomic E-state index is 0.277. The Labute approximate surface area is 126 Å². The summed E-state index contributed by atoms with van der Waals surface area (Å²) in [6.07, 6.45) is 0.678. The summed E-state index contributed by atoms with van der Waals surface area (Å²) in [7, 11) is -5.33. The Kier molecular flexibility index (Phi) is 6.95. The van der Waals surface area contributed by atoms with E-state index < -0.39 is 28.7 Å². The molecule has 2 aromatic rings. The molecule has 0 aliphatic heterocycles. The Balaban J connectivity index is 0.000000745. The second-order valence-corrected chi connectivity index (χ2v) is 5.96. The monoisotopic (exact) mass is 352 g/mol. The van der Waals surface area contributed by atoms with Gasteiger partial charge in [0.05, 0.1) is 12.4 Å². The first kappa shape index (κ1) is 18.6. The molecule has 6 N–H and O–H groups in total. The summed E-state index contributed by atoms with van der Waals surface area (Å²) < 4.78 is 24.2. The van der Waals surface area contributed by atoms with Crippen LogP contribution in [0.5, 0.6) is 0 Å². The van der Waals surface area contributed by atoms with Crippen molar-refractivity contribution in [2.24, 2.45) is 0 Å². The highest BCUT2D eigenvalue weighted by atomic mass is 31.2. The summed E-state index contributed by atoms with van der Waals surface area (Å²) in [5.74, 6) is 0.690. The van der Waals surface area contributed by atoms with Crippen LogP contribution >= 0.6 is 16.3 Å². The highest BCUT2D eigenvalue weighted by molar-refractivity contribution is 7.51. The van der Waals surface area contributed by atoms with Gasteiger partial charge in [0.1, 0.15) is 17.7 Å². The zero-order valence-electron chi connectivity index (χ0n) is 11.5. The third kappa shape index (κ3) is 6.10. The number of ether oxygens (including phenoxy) is 1. The molecule has 2 aromatic heterocycles. The number of hydrogen-bond donors (Lipinski definition) is 5. The number of nitrogens with zero attached hydrogens (tertiary/aromatic N) is 3. The molecule has 2 rings (SSSR count). The number of fused-ring (bicyclic) bond motifs is 1. The molecular formula is C9H16N5O6P2+. The Morgan fingerprint density at radius 2 is 2.14 bits per heavy atom. The zero-order valence-corrected chi connectivity index (χ0v) is 13.4. The van der Waals surface area contributed by atoms with Crippen molar-refractivity contribution in [3.05, 3.63) is 12.2 Å². The van der Waals surface area contributed by atoms with Crippen molar-refractivity contribution in [2.75, 3.05) is 12.1 Å². The molecule has 0 saturated carbocycles. The quantitative estimate of drug-likeness (QED) is 0.456. The molecule has 122 valence electrons. The molecule has 11 nitrogen and oxygen atoms in total. The standard InChI is InChI=1S/C9H14N5O4P.HO2P/c1-5(18-4-19(15,16)17)2-6-13-8(10)7-9(14-6)12-3-11-7;1-3-2/h3,5H,2,4H2,1H3,(H2,15,16,17)(H3,10,11,12,13,14);3H/p+1. The van der Waals surface area contributed by atoms with E-state index in [-0.39, 0.29) is 12.2 Å². The largest absolute Gasteiger partial charge is 0.491 e. The lowest BCUT2D eigenvalue weighted by molar-refractivity contribution is 0.0873. The van der Waals surface area contributed by atoms with Gasteiger partial charge in [-0.05, 0) is 11.5 Å². The lowest BCUT2D eigenvalue weighted by atomic mass is 10.2. The van der Waals surface area contributed by atoms with Crippen LogP contribution in [0.15, 0.2) is 6.33 Å². The van der Waals surface area contributed by atoms with Gasteiger partial charge in [-0.3, -0.25) is 4.57 Å². The number of rotatable bonds is 5. The molecule has 0 aromatic carbocycles. The number of aromatic nitrogens is 4. The second kappa shape index (κ2) is 8.23. The SMILES string of the molecule is CC(Cc1nc(N)c2[nH]cnc2n1)OCP(=O)(O)O.O=[PH+]O. The van der Waals surface area contributed by atoms with Crippen LogP contribution < -0.4 is 5.73 Å². The topological polar surface area (TPSA) is 185 Å². The lowest BCUT2D eigenvalue weighted by Crippen LogP contribution is -2.15. The maximum atomic E-state index is 10.7. The molecule has 0 bridgehead atoms. The Morgan fingerprint density at radius 3 is 2.73 bits per heavy atom. The lowest BCUT2D eigenvalue weighted by Gasteiger charge is -2.12. The van der Waals surface area contributed by atoms with Crippen LogP contribution in [0, 0.1) is 0 Å². The summed E-state index contributed by atoms with van der Waals surface area (Å²) in [6.45, 7) is 1.67. The number of hydrogen-bond acceptors (Lipinski definition) is 7. The van der Waals surface area contributed by atoms with Crippen LogP contribution in [0.4, 0.5) is 5.82 Å². The van der Waals surface area contributed by atoms with Crippen LogP contribution in [0.1, 0.15) is 12.7 Å². The fourth-order valence-corrected chi connectivity index (χ4v) is 1.98. The van der Waals surface area contributed by atoms with Crippen molar-refractivity contribution in [2.45, 2.75) is 19.4 Å². The Morgan fingerprint density at radius 1 is 1.50 bits per heavy atom. The van der Waals surface area contributed by atoms with Crippen LogP contribution in [0.2, 0.25) is 0 Å². The van der Waals surface area contributed by atoms with Crippen LogP contribution in [-0.4, -0.2) is 47.1 Å². The molecule has 2 unspecified atom stereocenters. The molecule has 13 heteroatoms. The number of H-pyrrole nitrogens is 1. The van der Waals surface area contributed by atoms with Gasteiger partial charge in [-0.15, -0.1) is 0 Å². The minimum atomic E-state index is -4.17. The van der Waals surface area contributed by atoms with Crippen molar-refractivity contribution < 1.29 is 28.5 Å². The maximum Gasteiger partial charge on any atom is 0.491 e. The smallest absolute Gasteiger partial charge is 0.382 e. The molecule has 0 aliphatic rings. The van der Waals surface area contributed by atoms with Gasteiger partial charge >= 0.3 is 16.3 Å². The Hall–Kier alpha value is -1.48. The summed E-state index contributed by atoms with van der Waals surface area (Å²) in [5, 5.41) is 0. The fraction of sp³-hybridized carbons (Fsp3) is 0.444. The van der Waals surface area contributed by atoms with Crippen molar-refractivity contribution in [1.29, 1.82) is 0 Å². The van der Waals surface area contributed by atoms with Crippen molar-refractivity contribution in [3.63, 3.8) is 0 Å². The first-order chi connectivity index (χ1) is 10.3. The van der Waals surface area contributed by atoms with E-state index in [1.807, 2.05) is 0 Å². The predicted octanol–water partition coefficient (Wildman–Crippen LogP) is -0.0644. The summed E-state index contributed by atoms with van der Waals surface area (Å²) in [5.41, 5.74) is 6.74. The number of aromatic amines is 1. The summed E-state index contributed by atoms with van der Waals surface area (Å²) in [4.78, 5) is 39.5. The van der Waals surface area contributed by atoms with E-state index in [0.717, 1.165) is 0 Å². The number of nitrogens with two attached hydrogens (primary N) is 1. The molecule has 0 radical (unpaired) electrons. The highest BCUT2D eigenvalue weighted by Gasteiger charge is 2.17. The van der Waals surface area contributed by atoms with Gasteiger partial charge in [0.15, 0.2) is 11.5 Å². The summed E-state index contributed by atoms with van der Waals surface area (Å²) in [6, 6.07) is 0. The van der Waals surface area contributed by atoms with E-state index in [2.05, 4.69) is 19.9 Å². The first-order valence-corrected chi connectivity index (χ1v) is 8.55. The van der Waals surface area contributed by atoms with Gasteiger partial charge in [0.2, 0.25) is 0 Å². The van der Waals surface area contributed by atoms with Crippen LogP contribution in [0.25, 0.3) is 11.2 Å². The van der Waals surface area contributed by atoms with E-state index in [4.69, 9.17) is 29.7 Å². The third-order valence-corrected chi connectivity index (χ3v) is 2.84. The molecule has 0 spiro atoms. The van der Waals surface area contributed by atoms with Crippen LogP contribution in [-0.2, 0) is 20.3 Å². The van der Waals surface area contributed by atoms with Gasteiger partial charge < -0.3 is 25.2 Å². The van der Waals surface area contributed by atoms with E-state index in [0.29, 0.717) is 17.0 Å². The zero-order chi connectivity index (χ0) is 16.8. The van der Waals surface area contributed by atoms with Crippen molar-refractivity contribution in [3.8, 4) is 0 Å². The van der Waals surface area contributed by atoms with E-state index in [1.165, 1.54) is 6.33 Å². The van der Waals surface area contributed by atoms with Gasteiger partial charge in [-0.1, -0.05) is 0 Å². The van der Waals surface area contributed by atoms with Gasteiger partial charge in [0.25, 0.3) is 0 Å². The van der Waals surface area contributed by atoms with Crippen molar-refractivity contribution in [1.82, 2.24) is 19.9 Å². The molecule has 0 aliphatic carbocycles. The normalized spacial score (nSPS) is 12.9. The Bertz CT molecular complexity index is 674. The third-order valence-electron chi connectivity index (χ3n) is 2.36. The average Bonchev–Trinajstić information content (AvgIpc) is 2.85. The molecular weight excluding hydrogens is 336 g/mol. The molecule has 0 amide bonds. The van der Waals surface area contributed by atoms with Gasteiger partial charge in [-0.25, -0.2) is 15.0 Å². The average molecular weight is 352 g/mol. The highest BCUT2D eigenvalue weighted by Crippen LogP contribution is 2.34. The van der Waals surface area contributed by atoms with Gasteiger partial charge in [0, 0.05) is 6.42 Å². The first-order valence-electron chi connectivity index (χ1n) is 5.89. The van der Waals surface area contributed by atoms with Crippen molar-refractivity contribution >= 4 is 33.3 Å². The number of imidazole rings is 1. The predicted molar refractivity (Wildman–Crippen MR) is 78.5 cm³/mol.